The van der Waals surface area contributed by atoms with Crippen molar-refractivity contribution in [1.82, 2.24) is 15.1 Å². The molecule has 2 heterocycles. The Kier molecular flexibility index (Phi) is 6.83. The molecule has 1 aliphatic heterocycles. The Hall–Kier alpha value is -1.69. The van der Waals surface area contributed by atoms with Gasteiger partial charge in [-0.3, -0.25) is 14.6 Å². The molecule has 26 heavy (non-hydrogen) atoms. The van der Waals surface area contributed by atoms with Crippen molar-refractivity contribution in [2.75, 3.05) is 32.7 Å². The summed E-state index contributed by atoms with van der Waals surface area (Å²) in [6.45, 7) is 9.69. The van der Waals surface area contributed by atoms with Gasteiger partial charge in [0.25, 0.3) is 0 Å². The van der Waals surface area contributed by atoms with Gasteiger partial charge in [-0.05, 0) is 35.9 Å². The van der Waals surface area contributed by atoms with Crippen molar-refractivity contribution in [3.8, 4) is 0 Å². The number of rotatable bonds is 7. The van der Waals surface area contributed by atoms with Gasteiger partial charge < -0.3 is 5.32 Å². The van der Waals surface area contributed by atoms with E-state index in [4.69, 9.17) is 0 Å². The van der Waals surface area contributed by atoms with E-state index in [0.29, 0.717) is 6.54 Å². The Labute approximate surface area is 160 Å². The fraction of sp³-hybridized carbons (Fsp3) is 0.476. The summed E-state index contributed by atoms with van der Waals surface area (Å²) < 4.78 is 0. The van der Waals surface area contributed by atoms with Gasteiger partial charge in [0.1, 0.15) is 0 Å². The van der Waals surface area contributed by atoms with Crippen LogP contribution in [0.4, 0.5) is 0 Å². The van der Waals surface area contributed by atoms with Gasteiger partial charge in [-0.15, -0.1) is 11.3 Å². The number of amides is 1. The van der Waals surface area contributed by atoms with Gasteiger partial charge in [-0.1, -0.05) is 37.3 Å². The number of hydrogen-bond donors (Lipinski definition) is 1. The Bertz CT molecular complexity index is 676. The van der Waals surface area contributed by atoms with Crippen LogP contribution in [0.15, 0.2) is 41.8 Å². The van der Waals surface area contributed by atoms with Crippen LogP contribution >= 0.6 is 11.3 Å². The summed E-state index contributed by atoms with van der Waals surface area (Å²) in [5.74, 6) is 0.115. The van der Waals surface area contributed by atoms with Crippen molar-refractivity contribution in [3.05, 3.63) is 57.8 Å². The Morgan fingerprint density at radius 3 is 2.42 bits per heavy atom. The summed E-state index contributed by atoms with van der Waals surface area (Å²) in [5.41, 5.74) is 2.49. The second-order valence-corrected chi connectivity index (χ2v) is 8.05. The van der Waals surface area contributed by atoms with Crippen molar-refractivity contribution >= 4 is 17.2 Å². The molecule has 2 aromatic rings. The number of carbonyl (C=O) groups is 1. The lowest BCUT2D eigenvalue weighted by Crippen LogP contribution is -2.49. The summed E-state index contributed by atoms with van der Waals surface area (Å²) in [6, 6.07) is 12.9. The van der Waals surface area contributed by atoms with Gasteiger partial charge in [0, 0.05) is 37.6 Å². The van der Waals surface area contributed by atoms with Crippen LogP contribution in [0.5, 0.6) is 0 Å². The summed E-state index contributed by atoms with van der Waals surface area (Å²) >= 11 is 1.82. The first kappa shape index (κ1) is 19.1. The number of nitrogens with one attached hydrogen (secondary N) is 1. The molecule has 1 N–H and O–H groups in total. The van der Waals surface area contributed by atoms with E-state index >= 15 is 0 Å². The van der Waals surface area contributed by atoms with Gasteiger partial charge in [-0.2, -0.15) is 0 Å². The number of benzene rings is 1. The van der Waals surface area contributed by atoms with Crippen LogP contribution in [-0.2, 0) is 17.8 Å². The molecule has 140 valence electrons. The van der Waals surface area contributed by atoms with Gasteiger partial charge in [0.2, 0.25) is 5.91 Å². The fourth-order valence-corrected chi connectivity index (χ4v) is 4.09. The third kappa shape index (κ3) is 5.40. The molecule has 0 bridgehead atoms. The van der Waals surface area contributed by atoms with Crippen LogP contribution in [0.1, 0.15) is 35.9 Å². The fourth-order valence-electron chi connectivity index (χ4n) is 3.34. The molecule has 1 amide bonds. The highest BCUT2D eigenvalue weighted by Crippen LogP contribution is 2.15. The zero-order valence-corrected chi connectivity index (χ0v) is 16.6. The van der Waals surface area contributed by atoms with Crippen molar-refractivity contribution < 1.29 is 4.79 Å². The van der Waals surface area contributed by atoms with Gasteiger partial charge in [0.05, 0.1) is 12.6 Å². The topological polar surface area (TPSA) is 35.6 Å². The first-order valence-corrected chi connectivity index (χ1v) is 10.4. The molecular formula is C21H29N3OS. The molecule has 3 rings (SSSR count). The van der Waals surface area contributed by atoms with Crippen LogP contribution in [-0.4, -0.2) is 48.4 Å². The van der Waals surface area contributed by atoms with E-state index in [2.05, 4.69) is 70.7 Å². The van der Waals surface area contributed by atoms with Crippen molar-refractivity contribution in [1.29, 1.82) is 0 Å². The number of piperazine rings is 1. The second kappa shape index (κ2) is 9.31. The average molecular weight is 372 g/mol. The van der Waals surface area contributed by atoms with E-state index in [9.17, 15) is 4.79 Å². The zero-order chi connectivity index (χ0) is 18.4. The zero-order valence-electron chi connectivity index (χ0n) is 15.8. The molecule has 1 saturated heterocycles. The summed E-state index contributed by atoms with van der Waals surface area (Å²) in [6.07, 6.45) is 1.04. The predicted octanol–water partition coefficient (Wildman–Crippen LogP) is 3.31. The van der Waals surface area contributed by atoms with Crippen LogP contribution < -0.4 is 5.32 Å². The van der Waals surface area contributed by atoms with Crippen LogP contribution in [0.3, 0.4) is 0 Å². The van der Waals surface area contributed by atoms with E-state index < -0.39 is 0 Å². The molecule has 0 radical (unpaired) electrons. The Morgan fingerprint density at radius 2 is 1.81 bits per heavy atom. The van der Waals surface area contributed by atoms with Crippen molar-refractivity contribution in [2.45, 2.75) is 32.9 Å². The minimum atomic E-state index is 0.0496. The lowest BCUT2D eigenvalue weighted by molar-refractivity contribution is -0.123. The molecule has 1 fully saturated rings. The number of carbonyl (C=O) groups excluding carboxylic acids is 1. The highest BCUT2D eigenvalue weighted by Gasteiger charge is 2.20. The maximum atomic E-state index is 12.4. The monoisotopic (exact) mass is 371 g/mol. The largest absolute Gasteiger partial charge is 0.348 e. The number of nitrogens with zero attached hydrogens (tertiary/aromatic N) is 2. The average Bonchev–Trinajstić information content (AvgIpc) is 3.16. The predicted molar refractivity (Wildman–Crippen MR) is 108 cm³/mol. The van der Waals surface area contributed by atoms with Crippen LogP contribution in [0.2, 0.25) is 0 Å². The molecule has 0 aliphatic carbocycles. The van der Waals surface area contributed by atoms with E-state index in [1.165, 1.54) is 10.4 Å². The SMILES string of the molecule is CCc1ccc([C@H](C)NC(=O)CN2CCN(Cc3cccs3)CC2)cc1. The van der Waals surface area contributed by atoms with Crippen LogP contribution in [0.25, 0.3) is 0 Å². The second-order valence-electron chi connectivity index (χ2n) is 7.02. The molecule has 1 aromatic heterocycles. The van der Waals surface area contributed by atoms with Gasteiger partial charge in [0.15, 0.2) is 0 Å². The molecule has 4 nitrogen and oxygen atoms in total. The molecule has 1 aliphatic rings. The molecular weight excluding hydrogens is 342 g/mol. The Morgan fingerprint density at radius 1 is 1.12 bits per heavy atom. The normalized spacial score (nSPS) is 17.2. The first-order valence-electron chi connectivity index (χ1n) is 9.49. The van der Waals surface area contributed by atoms with Gasteiger partial charge in [-0.25, -0.2) is 0 Å². The molecule has 1 atom stereocenters. The lowest BCUT2D eigenvalue weighted by Gasteiger charge is -2.34. The summed E-state index contributed by atoms with van der Waals surface area (Å²) in [7, 11) is 0. The lowest BCUT2D eigenvalue weighted by atomic mass is 10.1. The maximum Gasteiger partial charge on any atom is 0.234 e. The highest BCUT2D eigenvalue weighted by atomic mass is 32.1. The number of thiophene rings is 1. The van der Waals surface area contributed by atoms with Crippen LogP contribution in [0, 0.1) is 0 Å². The van der Waals surface area contributed by atoms with E-state index in [0.717, 1.165) is 44.7 Å². The smallest absolute Gasteiger partial charge is 0.234 e. The quantitative estimate of drug-likeness (QED) is 0.811. The molecule has 0 unspecified atom stereocenters. The summed E-state index contributed by atoms with van der Waals surface area (Å²) in [4.78, 5) is 18.5. The number of hydrogen-bond acceptors (Lipinski definition) is 4. The summed E-state index contributed by atoms with van der Waals surface area (Å²) in [5, 5.41) is 5.27. The Balaban J connectivity index is 1.40. The maximum absolute atomic E-state index is 12.4. The standard InChI is InChI=1S/C21H29N3OS/c1-3-18-6-8-19(9-7-18)17(2)22-21(25)16-24-12-10-23(11-13-24)15-20-5-4-14-26-20/h4-9,14,17H,3,10-13,15-16H2,1-2H3,(H,22,25)/t17-/m0/s1. The molecule has 1 aromatic carbocycles. The molecule has 0 spiro atoms. The minimum Gasteiger partial charge on any atom is -0.348 e. The third-order valence-electron chi connectivity index (χ3n) is 5.06. The molecule has 0 saturated carbocycles. The highest BCUT2D eigenvalue weighted by molar-refractivity contribution is 7.09. The molecule has 5 heteroatoms. The van der Waals surface area contributed by atoms with E-state index in [-0.39, 0.29) is 11.9 Å². The van der Waals surface area contributed by atoms with Crippen molar-refractivity contribution in [3.63, 3.8) is 0 Å². The number of aryl methyl sites for hydroxylation is 1. The first-order chi connectivity index (χ1) is 12.6. The minimum absolute atomic E-state index is 0.0496. The van der Waals surface area contributed by atoms with Crippen molar-refractivity contribution in [2.24, 2.45) is 0 Å². The van der Waals surface area contributed by atoms with E-state index in [1.807, 2.05) is 11.3 Å². The van der Waals surface area contributed by atoms with Gasteiger partial charge >= 0.3 is 0 Å². The van der Waals surface area contributed by atoms with E-state index in [1.54, 1.807) is 0 Å². The third-order valence-corrected chi connectivity index (χ3v) is 5.92.